The van der Waals surface area contributed by atoms with E-state index in [1.807, 2.05) is 36.4 Å². The molecule has 3 heteroatoms. The monoisotopic (exact) mass is 278 g/mol. The van der Waals surface area contributed by atoms with Crippen LogP contribution in [0.2, 0.25) is 0 Å². The summed E-state index contributed by atoms with van der Waals surface area (Å²) in [4.78, 5) is 4.30. The van der Waals surface area contributed by atoms with E-state index in [0.717, 1.165) is 24.2 Å². The Hall–Kier alpha value is -2.39. The molecule has 0 aliphatic carbocycles. The van der Waals surface area contributed by atoms with E-state index in [2.05, 4.69) is 35.4 Å². The number of aromatic nitrogens is 1. The zero-order valence-corrected chi connectivity index (χ0v) is 12.0. The van der Waals surface area contributed by atoms with Gasteiger partial charge in [0.05, 0.1) is 0 Å². The minimum atomic E-state index is 0.627. The van der Waals surface area contributed by atoms with Crippen LogP contribution in [0.5, 0.6) is 11.6 Å². The number of nitrogens with one attached hydrogen (secondary N) is 1. The van der Waals surface area contributed by atoms with Crippen LogP contribution in [-0.4, -0.2) is 11.5 Å². The molecule has 0 atom stereocenters. The molecule has 1 aromatic heterocycles. The molecule has 2 aromatic carbocycles. The third-order valence-corrected chi connectivity index (χ3v) is 3.34. The molecule has 0 aliphatic heterocycles. The van der Waals surface area contributed by atoms with Crippen molar-refractivity contribution in [2.75, 3.05) is 6.54 Å². The first-order valence-corrected chi connectivity index (χ1v) is 7.18. The van der Waals surface area contributed by atoms with Gasteiger partial charge in [-0.1, -0.05) is 43.3 Å². The van der Waals surface area contributed by atoms with E-state index in [4.69, 9.17) is 4.74 Å². The van der Waals surface area contributed by atoms with Gasteiger partial charge in [-0.25, -0.2) is 4.98 Å². The molecule has 3 aromatic rings. The Morgan fingerprint density at radius 2 is 1.90 bits per heavy atom. The van der Waals surface area contributed by atoms with Crippen LogP contribution >= 0.6 is 0 Å². The topological polar surface area (TPSA) is 34.2 Å². The lowest BCUT2D eigenvalue weighted by atomic mass is 10.1. The molecule has 21 heavy (non-hydrogen) atoms. The molecule has 106 valence electrons. The van der Waals surface area contributed by atoms with Crippen molar-refractivity contribution in [1.29, 1.82) is 0 Å². The lowest BCUT2D eigenvalue weighted by molar-refractivity contribution is 0.467. The molecule has 0 aliphatic rings. The normalized spacial score (nSPS) is 10.7. The maximum Gasteiger partial charge on any atom is 0.219 e. The van der Waals surface area contributed by atoms with E-state index in [9.17, 15) is 0 Å². The Morgan fingerprint density at radius 3 is 2.81 bits per heavy atom. The van der Waals surface area contributed by atoms with Crippen molar-refractivity contribution < 1.29 is 4.74 Å². The van der Waals surface area contributed by atoms with E-state index in [1.54, 1.807) is 6.20 Å². The van der Waals surface area contributed by atoms with Crippen LogP contribution in [0.15, 0.2) is 60.8 Å². The highest BCUT2D eigenvalue weighted by Crippen LogP contribution is 2.28. The smallest absolute Gasteiger partial charge is 0.219 e. The highest BCUT2D eigenvalue weighted by atomic mass is 16.5. The van der Waals surface area contributed by atoms with Gasteiger partial charge in [-0.2, -0.15) is 0 Å². The SMILES string of the molecule is CCNCc1ccnc(Oc2cccc3ccccc23)c1. The van der Waals surface area contributed by atoms with Gasteiger partial charge < -0.3 is 10.1 Å². The van der Waals surface area contributed by atoms with Gasteiger partial charge in [0, 0.05) is 24.2 Å². The average Bonchev–Trinajstić information content (AvgIpc) is 2.54. The van der Waals surface area contributed by atoms with Gasteiger partial charge in [0.15, 0.2) is 0 Å². The summed E-state index contributed by atoms with van der Waals surface area (Å²) in [5, 5.41) is 5.56. The standard InChI is InChI=1S/C18H18N2O/c1-2-19-13-14-10-11-20-18(12-14)21-17-9-5-7-15-6-3-4-8-16(15)17/h3-12,19H,2,13H2,1H3. The summed E-state index contributed by atoms with van der Waals surface area (Å²) >= 11 is 0. The molecule has 3 nitrogen and oxygen atoms in total. The minimum absolute atomic E-state index is 0.627. The quantitative estimate of drug-likeness (QED) is 0.761. The Bertz CT molecular complexity index is 735. The molecule has 0 fully saturated rings. The van der Waals surface area contributed by atoms with Crippen molar-refractivity contribution in [1.82, 2.24) is 10.3 Å². The molecule has 0 saturated carbocycles. The molecule has 0 amide bonds. The van der Waals surface area contributed by atoms with Crippen LogP contribution in [0.3, 0.4) is 0 Å². The van der Waals surface area contributed by atoms with Crippen molar-refractivity contribution in [2.24, 2.45) is 0 Å². The van der Waals surface area contributed by atoms with Crippen molar-refractivity contribution in [2.45, 2.75) is 13.5 Å². The Kier molecular flexibility index (Phi) is 4.12. The van der Waals surface area contributed by atoms with Crippen LogP contribution in [0, 0.1) is 0 Å². The zero-order chi connectivity index (χ0) is 14.5. The molecular formula is C18H18N2O. The third-order valence-electron chi connectivity index (χ3n) is 3.34. The predicted molar refractivity (Wildman–Crippen MR) is 85.6 cm³/mol. The Balaban J connectivity index is 1.88. The second-order valence-corrected chi connectivity index (χ2v) is 4.86. The Labute approximate surface area is 124 Å². The van der Waals surface area contributed by atoms with E-state index in [0.29, 0.717) is 5.88 Å². The summed E-state index contributed by atoms with van der Waals surface area (Å²) < 4.78 is 5.97. The summed E-state index contributed by atoms with van der Waals surface area (Å²) in [6.45, 7) is 3.86. The number of nitrogens with zero attached hydrogens (tertiary/aromatic N) is 1. The van der Waals surface area contributed by atoms with Crippen LogP contribution in [-0.2, 0) is 6.54 Å². The van der Waals surface area contributed by atoms with Gasteiger partial charge in [0.25, 0.3) is 0 Å². The summed E-state index contributed by atoms with van der Waals surface area (Å²) in [5.74, 6) is 1.46. The number of rotatable bonds is 5. The lowest BCUT2D eigenvalue weighted by Crippen LogP contribution is -2.11. The van der Waals surface area contributed by atoms with Gasteiger partial charge >= 0.3 is 0 Å². The van der Waals surface area contributed by atoms with Crippen molar-refractivity contribution in [3.8, 4) is 11.6 Å². The van der Waals surface area contributed by atoms with E-state index in [-0.39, 0.29) is 0 Å². The number of ether oxygens (including phenoxy) is 1. The first-order chi connectivity index (χ1) is 10.4. The number of fused-ring (bicyclic) bond motifs is 1. The fourth-order valence-corrected chi connectivity index (χ4v) is 2.28. The number of pyridine rings is 1. The van der Waals surface area contributed by atoms with Crippen LogP contribution in [0.25, 0.3) is 10.8 Å². The van der Waals surface area contributed by atoms with Gasteiger partial charge in [-0.3, -0.25) is 0 Å². The minimum Gasteiger partial charge on any atom is -0.438 e. The molecule has 3 rings (SSSR count). The molecular weight excluding hydrogens is 260 g/mol. The maximum absolute atomic E-state index is 5.97. The fraction of sp³-hybridized carbons (Fsp3) is 0.167. The molecule has 0 saturated heterocycles. The van der Waals surface area contributed by atoms with Crippen molar-refractivity contribution in [3.63, 3.8) is 0 Å². The number of benzene rings is 2. The third kappa shape index (κ3) is 3.20. The van der Waals surface area contributed by atoms with Crippen LogP contribution in [0.1, 0.15) is 12.5 Å². The predicted octanol–water partition coefficient (Wildman–Crippen LogP) is 4.14. The van der Waals surface area contributed by atoms with Crippen LogP contribution < -0.4 is 10.1 Å². The van der Waals surface area contributed by atoms with Gasteiger partial charge in [0.2, 0.25) is 5.88 Å². The zero-order valence-electron chi connectivity index (χ0n) is 12.0. The molecule has 0 spiro atoms. The highest BCUT2D eigenvalue weighted by molar-refractivity contribution is 5.88. The Morgan fingerprint density at radius 1 is 1.05 bits per heavy atom. The summed E-state index contributed by atoms with van der Waals surface area (Å²) in [7, 11) is 0. The van der Waals surface area contributed by atoms with E-state index >= 15 is 0 Å². The molecule has 0 unspecified atom stereocenters. The molecule has 0 radical (unpaired) electrons. The molecule has 0 bridgehead atoms. The van der Waals surface area contributed by atoms with Gasteiger partial charge in [0.1, 0.15) is 5.75 Å². The average molecular weight is 278 g/mol. The second kappa shape index (κ2) is 6.37. The van der Waals surface area contributed by atoms with E-state index in [1.165, 1.54) is 10.9 Å². The summed E-state index contributed by atoms with van der Waals surface area (Å²) in [6.07, 6.45) is 1.78. The van der Waals surface area contributed by atoms with Gasteiger partial charge in [-0.15, -0.1) is 0 Å². The van der Waals surface area contributed by atoms with Crippen molar-refractivity contribution in [3.05, 3.63) is 66.4 Å². The largest absolute Gasteiger partial charge is 0.438 e. The first-order valence-electron chi connectivity index (χ1n) is 7.18. The van der Waals surface area contributed by atoms with Gasteiger partial charge in [-0.05, 0) is 29.6 Å². The summed E-state index contributed by atoms with van der Waals surface area (Å²) in [5.41, 5.74) is 1.17. The van der Waals surface area contributed by atoms with Crippen molar-refractivity contribution >= 4 is 10.8 Å². The molecule has 1 N–H and O–H groups in total. The number of hydrogen-bond acceptors (Lipinski definition) is 3. The van der Waals surface area contributed by atoms with E-state index < -0.39 is 0 Å². The highest BCUT2D eigenvalue weighted by Gasteiger charge is 2.04. The lowest BCUT2D eigenvalue weighted by Gasteiger charge is -2.09. The van der Waals surface area contributed by atoms with Crippen LogP contribution in [0.4, 0.5) is 0 Å². The second-order valence-electron chi connectivity index (χ2n) is 4.86. The fourth-order valence-electron chi connectivity index (χ4n) is 2.28. The number of hydrogen-bond donors (Lipinski definition) is 1. The first kappa shape index (κ1) is 13.6. The molecule has 1 heterocycles. The maximum atomic E-state index is 5.97. The summed E-state index contributed by atoms with van der Waals surface area (Å²) in [6, 6.07) is 18.2.